The number of carbonyl (C=O) groups excluding carboxylic acids is 1. The van der Waals surface area contributed by atoms with E-state index in [2.05, 4.69) is 15.2 Å². The maximum Gasteiger partial charge on any atom is 0.285 e. The molecule has 9 nitrogen and oxygen atoms in total. The summed E-state index contributed by atoms with van der Waals surface area (Å²) in [6.07, 6.45) is 1.84. The second-order valence-corrected chi connectivity index (χ2v) is 6.99. The summed E-state index contributed by atoms with van der Waals surface area (Å²) in [5.41, 5.74) is 1.75. The van der Waals surface area contributed by atoms with Crippen LogP contribution in [0.15, 0.2) is 27.6 Å². The first-order chi connectivity index (χ1) is 13.0. The molecule has 1 saturated heterocycles. The Labute approximate surface area is 154 Å². The molecular formula is C18H21N5O4. The van der Waals surface area contributed by atoms with Gasteiger partial charge in [-0.2, -0.15) is 0 Å². The van der Waals surface area contributed by atoms with Crippen LogP contribution in [0.4, 0.5) is 0 Å². The number of nitrogens with one attached hydrogen (secondary N) is 1. The highest BCUT2D eigenvalue weighted by Crippen LogP contribution is 2.25. The molecule has 1 aliphatic rings. The van der Waals surface area contributed by atoms with E-state index in [4.69, 9.17) is 9.26 Å². The normalized spacial score (nSPS) is 19.9. The SMILES string of the molecule is CO[C@H]1CN(C(=O)c2cnc3cc(C)[nH]n3c2=O)C[C@H]1Cc1cc(C)no1. The Balaban J connectivity index is 1.57. The van der Waals surface area contributed by atoms with Gasteiger partial charge in [0.1, 0.15) is 11.3 Å². The van der Waals surface area contributed by atoms with Crippen LogP contribution >= 0.6 is 0 Å². The second-order valence-electron chi connectivity index (χ2n) is 6.99. The summed E-state index contributed by atoms with van der Waals surface area (Å²) in [5.74, 6) is 0.491. The van der Waals surface area contributed by atoms with E-state index in [9.17, 15) is 9.59 Å². The summed E-state index contributed by atoms with van der Waals surface area (Å²) in [6.45, 7) is 4.58. The van der Waals surface area contributed by atoms with E-state index >= 15 is 0 Å². The highest BCUT2D eigenvalue weighted by atomic mass is 16.5. The zero-order chi connectivity index (χ0) is 19.1. The number of aryl methyl sites for hydroxylation is 2. The topological polar surface area (TPSA) is 106 Å². The third-order valence-electron chi connectivity index (χ3n) is 4.96. The van der Waals surface area contributed by atoms with Gasteiger partial charge in [0.05, 0.1) is 11.8 Å². The summed E-state index contributed by atoms with van der Waals surface area (Å²) >= 11 is 0. The fourth-order valence-electron chi connectivity index (χ4n) is 3.64. The molecule has 0 aliphatic carbocycles. The van der Waals surface area contributed by atoms with Gasteiger partial charge in [0.2, 0.25) is 0 Å². The predicted octanol–water partition coefficient (Wildman–Crippen LogP) is 0.957. The lowest BCUT2D eigenvalue weighted by atomic mass is 10.0. The standard InChI is InChI=1S/C18H21N5O4/c1-10-5-16-19-7-14(18(25)23(16)20-10)17(24)22-8-12(15(9-22)26-3)6-13-4-11(2)21-27-13/h4-5,7,12,15,20H,6,8-9H2,1-3H3/t12-,15+/m1/s1. The second kappa shape index (κ2) is 6.66. The van der Waals surface area contributed by atoms with E-state index < -0.39 is 5.56 Å². The Morgan fingerprint density at radius 3 is 2.89 bits per heavy atom. The molecule has 1 amide bonds. The van der Waals surface area contributed by atoms with Crippen molar-refractivity contribution < 1.29 is 14.1 Å². The van der Waals surface area contributed by atoms with Crippen LogP contribution in [0, 0.1) is 19.8 Å². The molecular weight excluding hydrogens is 350 g/mol. The monoisotopic (exact) mass is 371 g/mol. The molecule has 2 atom stereocenters. The van der Waals surface area contributed by atoms with E-state index in [1.807, 2.05) is 19.9 Å². The van der Waals surface area contributed by atoms with Crippen molar-refractivity contribution in [3.63, 3.8) is 0 Å². The highest BCUT2D eigenvalue weighted by Gasteiger charge is 2.37. The quantitative estimate of drug-likeness (QED) is 0.732. The number of methoxy groups -OCH3 is 1. The van der Waals surface area contributed by atoms with Crippen LogP contribution in [0.2, 0.25) is 0 Å². The average Bonchev–Trinajstić information content (AvgIpc) is 3.33. The first-order valence-electron chi connectivity index (χ1n) is 8.78. The summed E-state index contributed by atoms with van der Waals surface area (Å²) in [4.78, 5) is 31.5. The fraction of sp³-hybridized carbons (Fsp3) is 0.444. The number of nitrogens with zero attached hydrogens (tertiary/aromatic N) is 4. The van der Waals surface area contributed by atoms with Gasteiger partial charge in [-0.15, -0.1) is 0 Å². The lowest BCUT2D eigenvalue weighted by Gasteiger charge is -2.15. The van der Waals surface area contributed by atoms with Crippen molar-refractivity contribution in [2.24, 2.45) is 5.92 Å². The van der Waals surface area contributed by atoms with Crippen molar-refractivity contribution in [1.82, 2.24) is 24.7 Å². The first-order valence-corrected chi connectivity index (χ1v) is 8.78. The molecule has 0 radical (unpaired) electrons. The summed E-state index contributed by atoms with van der Waals surface area (Å²) in [6, 6.07) is 3.64. The number of aromatic nitrogens is 4. The lowest BCUT2D eigenvalue weighted by molar-refractivity contribution is 0.0671. The number of carbonyl (C=O) groups is 1. The Morgan fingerprint density at radius 1 is 1.37 bits per heavy atom. The molecule has 0 aromatic carbocycles. The van der Waals surface area contributed by atoms with Crippen LogP contribution in [0.3, 0.4) is 0 Å². The molecule has 142 valence electrons. The molecule has 1 fully saturated rings. The molecule has 0 saturated carbocycles. The van der Waals surface area contributed by atoms with E-state index in [1.54, 1.807) is 18.1 Å². The van der Waals surface area contributed by atoms with Gasteiger partial charge in [-0.1, -0.05) is 5.16 Å². The average molecular weight is 371 g/mol. The van der Waals surface area contributed by atoms with Crippen LogP contribution < -0.4 is 5.56 Å². The molecule has 9 heteroatoms. The Hall–Kier alpha value is -2.94. The van der Waals surface area contributed by atoms with Gasteiger partial charge in [0.25, 0.3) is 11.5 Å². The molecule has 0 spiro atoms. The summed E-state index contributed by atoms with van der Waals surface area (Å²) < 4.78 is 12.1. The van der Waals surface area contributed by atoms with Crippen LogP contribution in [0.1, 0.15) is 27.5 Å². The minimum absolute atomic E-state index is 0.0420. The Kier molecular flexibility index (Phi) is 4.31. The Morgan fingerprint density at radius 2 is 2.19 bits per heavy atom. The van der Waals surface area contributed by atoms with Crippen molar-refractivity contribution >= 4 is 11.6 Å². The lowest BCUT2D eigenvalue weighted by Crippen LogP contribution is -2.35. The van der Waals surface area contributed by atoms with Gasteiger partial charge in [0, 0.05) is 56.6 Å². The summed E-state index contributed by atoms with van der Waals surface area (Å²) in [7, 11) is 1.63. The van der Waals surface area contributed by atoms with E-state index in [0.29, 0.717) is 25.2 Å². The van der Waals surface area contributed by atoms with Gasteiger partial charge >= 0.3 is 0 Å². The minimum Gasteiger partial charge on any atom is -0.379 e. The number of fused-ring (bicyclic) bond motifs is 1. The number of amides is 1. The molecule has 4 heterocycles. The van der Waals surface area contributed by atoms with Crippen LogP contribution in [0.5, 0.6) is 0 Å². The maximum absolute atomic E-state index is 12.9. The molecule has 4 rings (SSSR count). The number of ether oxygens (including phenoxy) is 1. The van der Waals surface area contributed by atoms with Crippen LogP contribution in [0.25, 0.3) is 5.65 Å². The van der Waals surface area contributed by atoms with E-state index in [0.717, 1.165) is 17.1 Å². The molecule has 0 bridgehead atoms. The molecule has 1 N–H and O–H groups in total. The van der Waals surface area contributed by atoms with Gasteiger partial charge in [0.15, 0.2) is 5.65 Å². The third kappa shape index (κ3) is 3.14. The predicted molar refractivity (Wildman–Crippen MR) is 95.7 cm³/mol. The van der Waals surface area contributed by atoms with Crippen LogP contribution in [-0.4, -0.2) is 56.9 Å². The van der Waals surface area contributed by atoms with Gasteiger partial charge in [-0.3, -0.25) is 14.7 Å². The third-order valence-corrected chi connectivity index (χ3v) is 4.96. The molecule has 27 heavy (non-hydrogen) atoms. The van der Waals surface area contributed by atoms with Crippen molar-refractivity contribution in [3.8, 4) is 0 Å². The van der Waals surface area contributed by atoms with Crippen LogP contribution in [-0.2, 0) is 11.2 Å². The smallest absolute Gasteiger partial charge is 0.285 e. The largest absolute Gasteiger partial charge is 0.379 e. The number of rotatable bonds is 4. The highest BCUT2D eigenvalue weighted by molar-refractivity contribution is 5.94. The number of aromatic amines is 1. The molecule has 1 aliphatic heterocycles. The molecule has 0 unspecified atom stereocenters. The van der Waals surface area contributed by atoms with E-state index in [1.165, 1.54) is 10.7 Å². The van der Waals surface area contributed by atoms with E-state index in [-0.39, 0.29) is 23.5 Å². The zero-order valence-electron chi connectivity index (χ0n) is 15.4. The van der Waals surface area contributed by atoms with Crippen molar-refractivity contribution in [2.45, 2.75) is 26.4 Å². The number of likely N-dealkylation sites (tertiary alicyclic amines) is 1. The molecule has 3 aromatic heterocycles. The van der Waals surface area contributed by atoms with Crippen molar-refractivity contribution in [2.75, 3.05) is 20.2 Å². The van der Waals surface area contributed by atoms with Gasteiger partial charge in [-0.25, -0.2) is 9.50 Å². The summed E-state index contributed by atoms with van der Waals surface area (Å²) in [5, 5.41) is 6.80. The number of hydrogen-bond donors (Lipinski definition) is 1. The minimum atomic E-state index is -0.402. The van der Waals surface area contributed by atoms with Gasteiger partial charge < -0.3 is 14.2 Å². The zero-order valence-corrected chi connectivity index (χ0v) is 15.4. The molecule has 3 aromatic rings. The Bertz CT molecular complexity index is 1050. The maximum atomic E-state index is 12.9. The van der Waals surface area contributed by atoms with Crippen molar-refractivity contribution in [3.05, 3.63) is 51.4 Å². The van der Waals surface area contributed by atoms with Crippen molar-refractivity contribution in [1.29, 1.82) is 0 Å². The number of hydrogen-bond acceptors (Lipinski definition) is 6. The fourth-order valence-corrected chi connectivity index (χ4v) is 3.64. The first kappa shape index (κ1) is 17.5. The number of H-pyrrole nitrogens is 1. The van der Waals surface area contributed by atoms with Gasteiger partial charge in [-0.05, 0) is 13.8 Å².